The van der Waals surface area contributed by atoms with E-state index in [9.17, 15) is 4.79 Å². The summed E-state index contributed by atoms with van der Waals surface area (Å²) >= 11 is 0. The lowest BCUT2D eigenvalue weighted by atomic mass is 9.78. The minimum Gasteiger partial charge on any atom is -0.497 e. The molecule has 1 aliphatic heterocycles. The first kappa shape index (κ1) is 17.3. The molecule has 3 rings (SSSR count). The molecule has 4 heteroatoms. The van der Waals surface area contributed by atoms with Crippen molar-refractivity contribution in [1.82, 2.24) is 5.32 Å². The summed E-state index contributed by atoms with van der Waals surface area (Å²) in [5.41, 5.74) is 0.783. The van der Waals surface area contributed by atoms with E-state index in [4.69, 9.17) is 9.47 Å². The highest BCUT2D eigenvalue weighted by atomic mass is 16.5. The van der Waals surface area contributed by atoms with E-state index >= 15 is 0 Å². The summed E-state index contributed by atoms with van der Waals surface area (Å²) in [6, 6.07) is 8.03. The molecule has 1 aliphatic carbocycles. The largest absolute Gasteiger partial charge is 0.497 e. The number of hydrogen-bond donors (Lipinski definition) is 1. The molecular weight excluding hydrogens is 302 g/mol. The maximum atomic E-state index is 13.0. The van der Waals surface area contributed by atoms with E-state index in [1.165, 1.54) is 6.42 Å². The Morgan fingerprint density at radius 1 is 1.29 bits per heavy atom. The Hall–Kier alpha value is -1.55. The van der Waals surface area contributed by atoms with E-state index in [0.29, 0.717) is 5.92 Å². The zero-order valence-electron chi connectivity index (χ0n) is 14.7. The van der Waals surface area contributed by atoms with Crippen molar-refractivity contribution in [2.24, 2.45) is 5.92 Å². The van der Waals surface area contributed by atoms with Crippen LogP contribution in [-0.4, -0.2) is 32.8 Å². The molecule has 1 aromatic carbocycles. The molecule has 0 radical (unpaired) electrons. The number of nitrogens with one attached hydrogen (secondary N) is 1. The van der Waals surface area contributed by atoms with Gasteiger partial charge in [-0.05, 0) is 55.7 Å². The molecule has 4 nitrogen and oxygen atoms in total. The lowest BCUT2D eigenvalue weighted by Gasteiger charge is -2.28. The van der Waals surface area contributed by atoms with E-state index in [1.807, 2.05) is 12.1 Å². The first-order valence-corrected chi connectivity index (χ1v) is 9.25. The number of hydrogen-bond acceptors (Lipinski definition) is 3. The van der Waals surface area contributed by atoms with Crippen LogP contribution in [0.2, 0.25) is 0 Å². The van der Waals surface area contributed by atoms with Gasteiger partial charge in [0.25, 0.3) is 0 Å². The van der Waals surface area contributed by atoms with E-state index < -0.39 is 0 Å². The average Bonchev–Trinajstić information content (AvgIpc) is 3.31. The van der Waals surface area contributed by atoms with Crippen LogP contribution < -0.4 is 10.1 Å². The van der Waals surface area contributed by atoms with Gasteiger partial charge in [0.1, 0.15) is 5.75 Å². The zero-order chi connectivity index (χ0) is 16.8. The molecule has 1 saturated heterocycles. The molecule has 1 saturated carbocycles. The van der Waals surface area contributed by atoms with E-state index in [0.717, 1.165) is 69.6 Å². The fourth-order valence-corrected chi connectivity index (χ4v) is 4.11. The third-order valence-electron chi connectivity index (χ3n) is 5.63. The molecule has 1 aromatic rings. The average molecular weight is 331 g/mol. The van der Waals surface area contributed by atoms with Crippen molar-refractivity contribution in [3.8, 4) is 5.75 Å². The number of carbonyl (C=O) groups is 1. The maximum absolute atomic E-state index is 13.0. The Labute approximate surface area is 144 Å². The molecule has 0 aromatic heterocycles. The predicted molar refractivity (Wildman–Crippen MR) is 94.3 cm³/mol. The molecule has 132 valence electrons. The molecule has 0 unspecified atom stereocenters. The highest BCUT2D eigenvalue weighted by molar-refractivity contribution is 5.88. The standard InChI is InChI=1S/C20H29NO3/c1-23-18-8-6-17(7-9-18)20(11-2-3-12-20)19(22)21-13-4-5-16-10-14-24-15-16/h6-9,16H,2-5,10-15H2,1H3,(H,21,22)/t16-/m1/s1. The molecule has 0 spiro atoms. The van der Waals surface area contributed by atoms with E-state index in [2.05, 4.69) is 17.4 Å². The van der Waals surface area contributed by atoms with Crippen molar-refractivity contribution in [2.75, 3.05) is 26.9 Å². The SMILES string of the molecule is COc1ccc(C2(C(=O)NCCC[C@@H]3CCOC3)CCCC2)cc1. The van der Waals surface area contributed by atoms with Crippen LogP contribution in [0.25, 0.3) is 0 Å². The quantitative estimate of drug-likeness (QED) is 0.779. The van der Waals surface area contributed by atoms with Gasteiger partial charge >= 0.3 is 0 Å². The van der Waals surface area contributed by atoms with Crippen LogP contribution in [0.5, 0.6) is 5.75 Å². The third-order valence-corrected chi connectivity index (χ3v) is 5.63. The first-order valence-electron chi connectivity index (χ1n) is 9.25. The Balaban J connectivity index is 1.58. The Kier molecular flexibility index (Phi) is 5.77. The van der Waals surface area contributed by atoms with Crippen molar-refractivity contribution < 1.29 is 14.3 Å². The minimum atomic E-state index is -0.345. The molecule has 2 fully saturated rings. The van der Waals surface area contributed by atoms with Gasteiger partial charge in [0.05, 0.1) is 12.5 Å². The summed E-state index contributed by atoms with van der Waals surface area (Å²) < 4.78 is 10.7. The fourth-order valence-electron chi connectivity index (χ4n) is 4.11. The molecule has 1 N–H and O–H groups in total. The third kappa shape index (κ3) is 3.75. The van der Waals surface area contributed by atoms with Crippen molar-refractivity contribution in [2.45, 2.75) is 50.4 Å². The molecule has 0 bridgehead atoms. The second-order valence-electron chi connectivity index (χ2n) is 7.15. The summed E-state index contributed by atoms with van der Waals surface area (Å²) in [6.45, 7) is 2.56. The molecule has 1 amide bonds. The first-order chi connectivity index (χ1) is 11.7. The summed E-state index contributed by atoms with van der Waals surface area (Å²) in [4.78, 5) is 13.0. The van der Waals surface area contributed by atoms with Crippen LogP contribution in [-0.2, 0) is 14.9 Å². The number of methoxy groups -OCH3 is 1. The van der Waals surface area contributed by atoms with Gasteiger partial charge < -0.3 is 14.8 Å². The van der Waals surface area contributed by atoms with Crippen LogP contribution in [0.15, 0.2) is 24.3 Å². The topological polar surface area (TPSA) is 47.6 Å². The molecule has 1 atom stereocenters. The smallest absolute Gasteiger partial charge is 0.230 e. The monoisotopic (exact) mass is 331 g/mol. The zero-order valence-corrected chi connectivity index (χ0v) is 14.7. The van der Waals surface area contributed by atoms with Gasteiger partial charge in [0.2, 0.25) is 5.91 Å². The van der Waals surface area contributed by atoms with Crippen molar-refractivity contribution in [3.05, 3.63) is 29.8 Å². The number of benzene rings is 1. The van der Waals surface area contributed by atoms with Crippen LogP contribution in [0.1, 0.15) is 50.5 Å². The lowest BCUT2D eigenvalue weighted by molar-refractivity contribution is -0.126. The van der Waals surface area contributed by atoms with Crippen molar-refractivity contribution in [1.29, 1.82) is 0 Å². The van der Waals surface area contributed by atoms with E-state index in [-0.39, 0.29) is 11.3 Å². The number of amides is 1. The summed E-state index contributed by atoms with van der Waals surface area (Å²) in [5, 5.41) is 3.21. The van der Waals surface area contributed by atoms with E-state index in [1.54, 1.807) is 7.11 Å². The number of ether oxygens (including phenoxy) is 2. The van der Waals surface area contributed by atoms with Crippen LogP contribution in [0.4, 0.5) is 0 Å². The molecule has 24 heavy (non-hydrogen) atoms. The van der Waals surface area contributed by atoms with Crippen LogP contribution >= 0.6 is 0 Å². The van der Waals surface area contributed by atoms with Gasteiger partial charge in [-0.15, -0.1) is 0 Å². The number of carbonyl (C=O) groups excluding carboxylic acids is 1. The fraction of sp³-hybridized carbons (Fsp3) is 0.650. The highest BCUT2D eigenvalue weighted by Gasteiger charge is 2.42. The van der Waals surface area contributed by atoms with Crippen molar-refractivity contribution in [3.63, 3.8) is 0 Å². The number of rotatable bonds is 7. The Bertz CT molecular complexity index is 528. The minimum absolute atomic E-state index is 0.202. The summed E-state index contributed by atoms with van der Waals surface area (Å²) in [7, 11) is 1.67. The normalized spacial score (nSPS) is 22.5. The van der Waals surface area contributed by atoms with Gasteiger partial charge in [-0.2, -0.15) is 0 Å². The Morgan fingerprint density at radius 3 is 2.67 bits per heavy atom. The van der Waals surface area contributed by atoms with Crippen molar-refractivity contribution >= 4 is 5.91 Å². The molecule has 1 heterocycles. The van der Waals surface area contributed by atoms with Crippen LogP contribution in [0.3, 0.4) is 0 Å². The van der Waals surface area contributed by atoms with Gasteiger partial charge in [-0.3, -0.25) is 4.79 Å². The van der Waals surface area contributed by atoms with Gasteiger partial charge in [-0.25, -0.2) is 0 Å². The lowest BCUT2D eigenvalue weighted by Crippen LogP contribution is -2.43. The van der Waals surface area contributed by atoms with Gasteiger partial charge in [-0.1, -0.05) is 25.0 Å². The second-order valence-corrected chi connectivity index (χ2v) is 7.15. The van der Waals surface area contributed by atoms with Gasteiger partial charge in [0, 0.05) is 19.8 Å². The summed E-state index contributed by atoms with van der Waals surface area (Å²) in [5.74, 6) is 1.72. The molecule has 2 aliphatic rings. The van der Waals surface area contributed by atoms with Crippen LogP contribution in [0, 0.1) is 5.92 Å². The second kappa shape index (κ2) is 8.02. The maximum Gasteiger partial charge on any atom is 0.230 e. The molecular formula is C20H29NO3. The Morgan fingerprint density at radius 2 is 2.04 bits per heavy atom. The predicted octanol–water partition coefficient (Wildman–Crippen LogP) is 3.44. The highest BCUT2D eigenvalue weighted by Crippen LogP contribution is 2.41. The van der Waals surface area contributed by atoms with Gasteiger partial charge in [0.15, 0.2) is 0 Å². The summed E-state index contributed by atoms with van der Waals surface area (Å²) in [6.07, 6.45) is 7.50.